The van der Waals surface area contributed by atoms with Crippen molar-refractivity contribution in [2.45, 2.75) is 37.3 Å². The molecule has 1 N–H and O–H groups in total. The van der Waals surface area contributed by atoms with E-state index in [-0.39, 0.29) is 42.2 Å². The second kappa shape index (κ2) is 9.37. The summed E-state index contributed by atoms with van der Waals surface area (Å²) < 4.78 is 60.9. The lowest BCUT2D eigenvalue weighted by Crippen LogP contribution is -2.28. The summed E-state index contributed by atoms with van der Waals surface area (Å²) in [5, 5.41) is 9.92. The van der Waals surface area contributed by atoms with Crippen LogP contribution >= 0.6 is 0 Å². The highest BCUT2D eigenvalue weighted by atomic mass is 19.4. The van der Waals surface area contributed by atoms with Crippen LogP contribution in [0.15, 0.2) is 47.4 Å². The van der Waals surface area contributed by atoms with Gasteiger partial charge in [0.1, 0.15) is 17.1 Å². The van der Waals surface area contributed by atoms with Gasteiger partial charge in [0.15, 0.2) is 11.6 Å². The average Bonchev–Trinajstić information content (AvgIpc) is 3.45. The van der Waals surface area contributed by atoms with Gasteiger partial charge in [0, 0.05) is 49.3 Å². The molecule has 1 aliphatic rings. The maximum absolute atomic E-state index is 14.8. The fraction of sp³-hybridized carbons (Fsp3) is 0.280. The lowest BCUT2D eigenvalue weighted by Gasteiger charge is -2.14. The van der Waals surface area contributed by atoms with Crippen LogP contribution in [0.3, 0.4) is 0 Å². The maximum Gasteiger partial charge on any atom is 0.401 e. The molecule has 3 aromatic heterocycles. The minimum atomic E-state index is -4.47. The maximum atomic E-state index is 14.8. The molecule has 13 heteroatoms. The largest absolute Gasteiger partial charge is 0.401 e. The molecule has 1 amide bonds. The molecular formula is C25H19F4N7O2. The number of halogens is 4. The first-order chi connectivity index (χ1) is 18.1. The standard InChI is InChI=1S/C25H19F4N7O2/c1-30-23-16(13-36(2)34-23)8-20-31-11-17(12-32-20)14-3-4-15(18(26)7-14)9-22(37)33-21-10-19(38-35-21)24(5-6-24)25(27,28)29/h3-4,7,10-13H,5-6,8-9H2,2H3,(H,33,35,37). The van der Waals surface area contributed by atoms with Crippen LogP contribution in [0.1, 0.15) is 35.6 Å². The van der Waals surface area contributed by atoms with Crippen molar-refractivity contribution in [2.24, 2.45) is 7.05 Å². The van der Waals surface area contributed by atoms with Crippen molar-refractivity contribution < 1.29 is 26.9 Å². The molecule has 0 bridgehead atoms. The molecule has 9 nitrogen and oxygen atoms in total. The molecule has 1 fully saturated rings. The lowest BCUT2D eigenvalue weighted by molar-refractivity contribution is -0.165. The summed E-state index contributed by atoms with van der Waals surface area (Å²) >= 11 is 0. The van der Waals surface area contributed by atoms with Gasteiger partial charge in [-0.1, -0.05) is 23.9 Å². The first-order valence-corrected chi connectivity index (χ1v) is 11.4. The van der Waals surface area contributed by atoms with Gasteiger partial charge in [-0.15, -0.1) is 0 Å². The van der Waals surface area contributed by atoms with Gasteiger partial charge in [0.05, 0.1) is 6.42 Å². The van der Waals surface area contributed by atoms with Crippen molar-refractivity contribution in [2.75, 3.05) is 5.32 Å². The number of anilines is 1. The van der Waals surface area contributed by atoms with Gasteiger partial charge in [0.25, 0.3) is 5.82 Å². The van der Waals surface area contributed by atoms with Crippen molar-refractivity contribution in [3.63, 3.8) is 0 Å². The number of alkyl halides is 3. The summed E-state index contributed by atoms with van der Waals surface area (Å²) in [6.45, 7) is 7.20. The Morgan fingerprint density at radius 2 is 1.92 bits per heavy atom. The zero-order valence-electron chi connectivity index (χ0n) is 19.9. The number of aryl methyl sites for hydroxylation is 1. The molecule has 0 radical (unpaired) electrons. The zero-order valence-corrected chi connectivity index (χ0v) is 19.9. The first-order valence-electron chi connectivity index (χ1n) is 11.4. The molecule has 5 rings (SSSR count). The summed E-state index contributed by atoms with van der Waals surface area (Å²) in [7, 11) is 1.72. The molecule has 38 heavy (non-hydrogen) atoms. The van der Waals surface area contributed by atoms with Crippen molar-refractivity contribution in [1.82, 2.24) is 24.9 Å². The molecular weight excluding hydrogens is 506 g/mol. The van der Waals surface area contributed by atoms with Crippen LogP contribution in [0, 0.1) is 12.4 Å². The van der Waals surface area contributed by atoms with Crippen LogP contribution < -0.4 is 5.32 Å². The summed E-state index contributed by atoms with van der Waals surface area (Å²) in [6, 6.07) is 5.34. The molecule has 1 aliphatic carbocycles. The van der Waals surface area contributed by atoms with Crippen LogP contribution in [0.4, 0.5) is 29.2 Å². The lowest BCUT2D eigenvalue weighted by atomic mass is 10.0. The van der Waals surface area contributed by atoms with Gasteiger partial charge in [-0.05, 0) is 35.1 Å². The van der Waals surface area contributed by atoms with E-state index in [1.165, 1.54) is 24.5 Å². The molecule has 0 unspecified atom stereocenters. The predicted molar refractivity (Wildman–Crippen MR) is 126 cm³/mol. The van der Waals surface area contributed by atoms with E-state index in [9.17, 15) is 22.4 Å². The SMILES string of the molecule is [C-]#[N+]c1nn(C)cc1Cc1ncc(-c2ccc(CC(=O)Nc3cc(C4(C(F)(F)F)CC4)on3)c(F)c2)cn1. The second-order valence-corrected chi connectivity index (χ2v) is 9.02. The Bertz CT molecular complexity index is 1550. The fourth-order valence-electron chi connectivity index (χ4n) is 4.09. The van der Waals surface area contributed by atoms with Gasteiger partial charge < -0.3 is 14.7 Å². The van der Waals surface area contributed by atoms with E-state index in [0.717, 1.165) is 6.07 Å². The highest BCUT2D eigenvalue weighted by Gasteiger charge is 2.66. The van der Waals surface area contributed by atoms with E-state index >= 15 is 0 Å². The summed E-state index contributed by atoms with van der Waals surface area (Å²) in [5.74, 6) is -1.07. The van der Waals surface area contributed by atoms with E-state index in [0.29, 0.717) is 28.9 Å². The van der Waals surface area contributed by atoms with Gasteiger partial charge in [0.2, 0.25) is 5.91 Å². The number of aromatic nitrogens is 5. The van der Waals surface area contributed by atoms with E-state index < -0.39 is 23.3 Å². The smallest absolute Gasteiger partial charge is 0.359 e. The van der Waals surface area contributed by atoms with Crippen LogP contribution in [0.2, 0.25) is 0 Å². The van der Waals surface area contributed by atoms with Gasteiger partial charge >= 0.3 is 6.18 Å². The average molecular weight is 525 g/mol. The summed E-state index contributed by atoms with van der Waals surface area (Å²) in [6.07, 6.45) is 0.0887. The molecule has 0 aliphatic heterocycles. The van der Waals surface area contributed by atoms with Gasteiger partial charge in [-0.2, -0.15) is 13.2 Å². The molecule has 0 spiro atoms. The molecule has 0 atom stereocenters. The Morgan fingerprint density at radius 3 is 2.55 bits per heavy atom. The van der Waals surface area contributed by atoms with Gasteiger partial charge in [-0.25, -0.2) is 19.0 Å². The number of hydrogen-bond donors (Lipinski definition) is 1. The van der Waals surface area contributed by atoms with Crippen molar-refractivity contribution in [3.05, 3.63) is 82.8 Å². The van der Waals surface area contributed by atoms with E-state index in [1.54, 1.807) is 24.0 Å². The quantitative estimate of drug-likeness (QED) is 0.271. The number of nitrogens with one attached hydrogen (secondary N) is 1. The molecule has 0 saturated heterocycles. The third kappa shape index (κ3) is 4.84. The number of nitrogens with zero attached hydrogens (tertiary/aromatic N) is 6. The first kappa shape index (κ1) is 25.1. The van der Waals surface area contributed by atoms with Crippen molar-refractivity contribution >= 4 is 17.5 Å². The number of carbonyl (C=O) groups excluding carboxylic acids is 1. The third-order valence-electron chi connectivity index (χ3n) is 6.32. The predicted octanol–water partition coefficient (Wildman–Crippen LogP) is 4.92. The van der Waals surface area contributed by atoms with E-state index in [1.807, 2.05) is 0 Å². The number of rotatable bonds is 7. The number of benzene rings is 1. The van der Waals surface area contributed by atoms with Crippen LogP contribution in [0.5, 0.6) is 0 Å². The van der Waals surface area contributed by atoms with Gasteiger partial charge in [-0.3, -0.25) is 4.79 Å². The minimum Gasteiger partial charge on any atom is -0.359 e. The monoisotopic (exact) mass is 525 g/mol. The number of carbonyl (C=O) groups is 1. The minimum absolute atomic E-state index is 0.0877. The Kier molecular flexibility index (Phi) is 6.18. The molecule has 3 heterocycles. The highest BCUT2D eigenvalue weighted by molar-refractivity contribution is 5.91. The highest BCUT2D eigenvalue weighted by Crippen LogP contribution is 2.59. The van der Waals surface area contributed by atoms with Crippen molar-refractivity contribution in [1.29, 1.82) is 0 Å². The van der Waals surface area contributed by atoms with E-state index in [2.05, 4.69) is 30.4 Å². The topological polar surface area (TPSA) is 103 Å². The normalized spacial score (nSPS) is 14.2. The molecule has 1 saturated carbocycles. The Labute approximate surface area is 213 Å². The summed E-state index contributed by atoms with van der Waals surface area (Å²) in [4.78, 5) is 24.3. The third-order valence-corrected chi connectivity index (χ3v) is 6.32. The van der Waals surface area contributed by atoms with E-state index in [4.69, 9.17) is 11.1 Å². The molecule has 194 valence electrons. The molecule has 4 aromatic rings. The van der Waals surface area contributed by atoms with Crippen LogP contribution in [-0.4, -0.2) is 37.0 Å². The second-order valence-electron chi connectivity index (χ2n) is 9.02. The summed E-state index contributed by atoms with van der Waals surface area (Å²) in [5.41, 5.74) is -0.229. The van der Waals surface area contributed by atoms with Crippen LogP contribution in [-0.2, 0) is 30.1 Å². The number of hydrogen-bond acceptors (Lipinski definition) is 6. The Balaban J connectivity index is 1.22. The Hall–Kier alpha value is -4.60. The fourth-order valence-corrected chi connectivity index (χ4v) is 4.09. The Morgan fingerprint density at radius 1 is 1.18 bits per heavy atom. The van der Waals surface area contributed by atoms with Crippen LogP contribution in [0.25, 0.3) is 16.0 Å². The molecule has 1 aromatic carbocycles. The zero-order chi connectivity index (χ0) is 27.1. The van der Waals surface area contributed by atoms with Crippen molar-refractivity contribution in [3.8, 4) is 11.1 Å². The number of amides is 1.